The molecule has 0 bridgehead atoms. The number of guanidine groups is 1. The maximum Gasteiger partial charge on any atom is 0.191 e. The molecule has 0 unspecified atom stereocenters. The molecule has 0 saturated carbocycles. The summed E-state index contributed by atoms with van der Waals surface area (Å²) in [6.45, 7) is 1.58. The molecule has 2 N–H and O–H groups in total. The lowest BCUT2D eigenvalue weighted by Gasteiger charge is -2.11. The highest BCUT2D eigenvalue weighted by molar-refractivity contribution is 14.0. The molecule has 3 rings (SSSR count). The minimum atomic E-state index is 0. The first kappa shape index (κ1) is 21.1. The van der Waals surface area contributed by atoms with E-state index in [0.717, 1.165) is 54.4 Å². The van der Waals surface area contributed by atoms with Crippen molar-refractivity contribution in [3.05, 3.63) is 65.9 Å². The lowest BCUT2D eigenvalue weighted by atomic mass is 10.1. The zero-order valence-corrected chi connectivity index (χ0v) is 18.0. The summed E-state index contributed by atoms with van der Waals surface area (Å²) >= 11 is 0. The van der Waals surface area contributed by atoms with Gasteiger partial charge in [-0.1, -0.05) is 30.3 Å². The van der Waals surface area contributed by atoms with E-state index in [1.165, 1.54) is 5.56 Å². The van der Waals surface area contributed by atoms with Crippen LogP contribution in [0.5, 0.6) is 5.75 Å². The molecule has 144 valence electrons. The summed E-state index contributed by atoms with van der Waals surface area (Å²) in [5.74, 6) is 2.66. The number of methoxy groups -OCH3 is 1. The number of rotatable bonds is 7. The van der Waals surface area contributed by atoms with Crippen LogP contribution in [0.4, 0.5) is 0 Å². The van der Waals surface area contributed by atoms with Crippen molar-refractivity contribution >= 4 is 40.9 Å². The molecule has 3 aromatic rings. The molecule has 0 atom stereocenters. The molecule has 0 radical (unpaired) electrons. The second kappa shape index (κ2) is 10.8. The fourth-order valence-electron chi connectivity index (χ4n) is 2.80. The minimum absolute atomic E-state index is 0. The Labute approximate surface area is 177 Å². The standard InChI is InChI=1S/C21H25N3O2.HI/c1-22-21(23-13-11-16-7-9-18(25-2)10-8-16)24-14-12-19-15-17-5-3-4-6-20(17)26-19;/h3-10,15H,11-14H2,1-2H3,(H2,22,23,24);1H. The third-order valence-electron chi connectivity index (χ3n) is 4.23. The van der Waals surface area contributed by atoms with Gasteiger partial charge in [0.1, 0.15) is 17.1 Å². The number of nitrogens with one attached hydrogen (secondary N) is 2. The van der Waals surface area contributed by atoms with Crippen LogP contribution in [0.3, 0.4) is 0 Å². The van der Waals surface area contributed by atoms with E-state index in [4.69, 9.17) is 9.15 Å². The van der Waals surface area contributed by atoms with Gasteiger partial charge in [0.2, 0.25) is 0 Å². The maximum atomic E-state index is 5.83. The summed E-state index contributed by atoms with van der Waals surface area (Å²) < 4.78 is 11.0. The smallest absolute Gasteiger partial charge is 0.191 e. The van der Waals surface area contributed by atoms with Crippen LogP contribution in [0.15, 0.2) is 64.0 Å². The van der Waals surface area contributed by atoms with Crippen molar-refractivity contribution in [3.8, 4) is 5.75 Å². The minimum Gasteiger partial charge on any atom is -0.497 e. The van der Waals surface area contributed by atoms with E-state index in [9.17, 15) is 0 Å². The number of para-hydroxylation sites is 1. The van der Waals surface area contributed by atoms with Crippen molar-refractivity contribution in [2.75, 3.05) is 27.2 Å². The Balaban J connectivity index is 0.00000261. The Morgan fingerprint density at radius 1 is 1.00 bits per heavy atom. The predicted octanol–water partition coefficient (Wildman–Crippen LogP) is 4.01. The average Bonchev–Trinajstić information content (AvgIpc) is 3.10. The Morgan fingerprint density at radius 2 is 1.70 bits per heavy atom. The highest BCUT2D eigenvalue weighted by atomic mass is 127. The number of hydrogen-bond donors (Lipinski definition) is 2. The van der Waals surface area contributed by atoms with Crippen LogP contribution in [0.2, 0.25) is 0 Å². The molecule has 5 nitrogen and oxygen atoms in total. The van der Waals surface area contributed by atoms with Gasteiger partial charge in [0, 0.05) is 31.9 Å². The van der Waals surface area contributed by atoms with Crippen LogP contribution in [0, 0.1) is 0 Å². The Kier molecular flexibility index (Phi) is 8.44. The highest BCUT2D eigenvalue weighted by Crippen LogP contribution is 2.18. The predicted molar refractivity (Wildman–Crippen MR) is 121 cm³/mol. The van der Waals surface area contributed by atoms with Crippen LogP contribution in [-0.2, 0) is 12.8 Å². The molecule has 6 heteroatoms. The van der Waals surface area contributed by atoms with Gasteiger partial charge < -0.3 is 19.8 Å². The van der Waals surface area contributed by atoms with E-state index in [1.807, 2.05) is 30.3 Å². The lowest BCUT2D eigenvalue weighted by molar-refractivity contribution is 0.414. The van der Waals surface area contributed by atoms with Crippen LogP contribution in [0.1, 0.15) is 11.3 Å². The first-order valence-corrected chi connectivity index (χ1v) is 8.83. The van der Waals surface area contributed by atoms with E-state index in [1.54, 1.807) is 14.2 Å². The summed E-state index contributed by atoms with van der Waals surface area (Å²) in [5.41, 5.74) is 2.19. The average molecular weight is 479 g/mol. The van der Waals surface area contributed by atoms with E-state index in [2.05, 4.69) is 39.9 Å². The van der Waals surface area contributed by atoms with Crippen LogP contribution in [-0.4, -0.2) is 33.2 Å². The molecule has 0 aliphatic carbocycles. The fourth-order valence-corrected chi connectivity index (χ4v) is 2.80. The number of fused-ring (bicyclic) bond motifs is 1. The third-order valence-corrected chi connectivity index (χ3v) is 4.23. The monoisotopic (exact) mass is 479 g/mol. The SMILES string of the molecule is CN=C(NCCc1ccc(OC)cc1)NCCc1cc2ccccc2o1.I. The Bertz CT molecular complexity index is 826. The van der Waals surface area contributed by atoms with Gasteiger partial charge in [-0.05, 0) is 36.2 Å². The zero-order chi connectivity index (χ0) is 18.2. The summed E-state index contributed by atoms with van der Waals surface area (Å²) in [6, 6.07) is 18.3. The molecule has 0 fully saturated rings. The first-order valence-electron chi connectivity index (χ1n) is 8.83. The van der Waals surface area contributed by atoms with Gasteiger partial charge in [-0.15, -0.1) is 24.0 Å². The fraction of sp³-hybridized carbons (Fsp3) is 0.286. The van der Waals surface area contributed by atoms with Gasteiger partial charge in [0.15, 0.2) is 5.96 Å². The number of furan rings is 1. The molecule has 0 spiro atoms. The molecule has 0 saturated heterocycles. The zero-order valence-electron chi connectivity index (χ0n) is 15.7. The van der Waals surface area contributed by atoms with Crippen molar-refractivity contribution in [1.82, 2.24) is 10.6 Å². The summed E-state index contributed by atoms with van der Waals surface area (Å²) in [4.78, 5) is 4.26. The van der Waals surface area contributed by atoms with Crippen molar-refractivity contribution in [2.45, 2.75) is 12.8 Å². The maximum absolute atomic E-state index is 5.83. The Hall–Kier alpha value is -2.22. The number of aliphatic imine (C=N–C) groups is 1. The topological polar surface area (TPSA) is 58.8 Å². The van der Waals surface area contributed by atoms with Gasteiger partial charge >= 0.3 is 0 Å². The molecule has 1 aromatic heterocycles. The number of nitrogens with zero attached hydrogens (tertiary/aromatic N) is 1. The van der Waals surface area contributed by atoms with E-state index in [0.29, 0.717) is 0 Å². The number of benzene rings is 2. The number of hydrogen-bond acceptors (Lipinski definition) is 3. The molecular weight excluding hydrogens is 453 g/mol. The molecular formula is C21H26IN3O2. The van der Waals surface area contributed by atoms with Crippen LogP contribution < -0.4 is 15.4 Å². The molecule has 0 aliphatic rings. The Morgan fingerprint density at radius 3 is 2.37 bits per heavy atom. The van der Waals surface area contributed by atoms with E-state index < -0.39 is 0 Å². The lowest BCUT2D eigenvalue weighted by Crippen LogP contribution is -2.39. The van der Waals surface area contributed by atoms with Gasteiger partial charge in [0.25, 0.3) is 0 Å². The highest BCUT2D eigenvalue weighted by Gasteiger charge is 2.04. The van der Waals surface area contributed by atoms with Crippen molar-refractivity contribution in [1.29, 1.82) is 0 Å². The van der Waals surface area contributed by atoms with Crippen molar-refractivity contribution < 1.29 is 9.15 Å². The largest absolute Gasteiger partial charge is 0.497 e. The first-order chi connectivity index (χ1) is 12.8. The van der Waals surface area contributed by atoms with Gasteiger partial charge in [0.05, 0.1) is 7.11 Å². The number of ether oxygens (including phenoxy) is 1. The normalized spacial score (nSPS) is 11.1. The summed E-state index contributed by atoms with van der Waals surface area (Å²) in [7, 11) is 3.46. The molecule has 0 amide bonds. The van der Waals surface area contributed by atoms with E-state index >= 15 is 0 Å². The van der Waals surface area contributed by atoms with Crippen molar-refractivity contribution in [2.24, 2.45) is 4.99 Å². The molecule has 27 heavy (non-hydrogen) atoms. The van der Waals surface area contributed by atoms with Gasteiger partial charge in [-0.3, -0.25) is 4.99 Å². The van der Waals surface area contributed by atoms with Gasteiger partial charge in [-0.2, -0.15) is 0 Å². The third kappa shape index (κ3) is 6.16. The van der Waals surface area contributed by atoms with Crippen LogP contribution in [0.25, 0.3) is 11.0 Å². The second-order valence-corrected chi connectivity index (χ2v) is 6.02. The van der Waals surface area contributed by atoms with Gasteiger partial charge in [-0.25, -0.2) is 0 Å². The van der Waals surface area contributed by atoms with Crippen LogP contribution >= 0.6 is 24.0 Å². The number of halogens is 1. The molecule has 1 heterocycles. The quantitative estimate of drug-likeness (QED) is 0.306. The summed E-state index contributed by atoms with van der Waals surface area (Å²) in [5, 5.41) is 7.81. The molecule has 2 aromatic carbocycles. The van der Waals surface area contributed by atoms with Crippen molar-refractivity contribution in [3.63, 3.8) is 0 Å². The second-order valence-electron chi connectivity index (χ2n) is 6.02. The molecule has 0 aliphatic heterocycles. The van der Waals surface area contributed by atoms with E-state index in [-0.39, 0.29) is 24.0 Å². The summed E-state index contributed by atoms with van der Waals surface area (Å²) in [6.07, 6.45) is 1.74.